The molecule has 0 aliphatic rings. The molecule has 20 heteroatoms. The van der Waals surface area contributed by atoms with E-state index in [1.807, 2.05) is 0 Å². The van der Waals surface area contributed by atoms with E-state index in [0.29, 0.717) is 0 Å². The number of hydrogen-bond acceptors (Lipinski definition) is 12. The molecule has 0 unspecified atom stereocenters. The summed E-state index contributed by atoms with van der Waals surface area (Å²) < 4.78 is 145. The first kappa shape index (κ1) is 49.0. The highest BCUT2D eigenvalue weighted by Gasteiger charge is 2.19. The van der Waals surface area contributed by atoms with Crippen molar-refractivity contribution >= 4 is 44.1 Å². The highest BCUT2D eigenvalue weighted by Crippen LogP contribution is 2.32. The summed E-state index contributed by atoms with van der Waals surface area (Å²) in [5.41, 5.74) is 0.418. The maximum absolute atomic E-state index is 14.7. The van der Waals surface area contributed by atoms with Gasteiger partial charge in [0.15, 0.2) is 34.8 Å². The van der Waals surface area contributed by atoms with Gasteiger partial charge in [0, 0.05) is 24.2 Å². The fourth-order valence-electron chi connectivity index (χ4n) is 5.22. The van der Waals surface area contributed by atoms with Gasteiger partial charge in [-0.05, 0) is 124 Å². The average Bonchev–Trinajstić information content (AvgIpc) is 3.21. The lowest BCUT2D eigenvalue weighted by Crippen LogP contribution is -2.28. The molecule has 2 N–H and O–H groups in total. The molecule has 4 aromatic carbocycles. The smallest absolute Gasteiger partial charge is 0.333 e. The van der Waals surface area contributed by atoms with Gasteiger partial charge in [0.1, 0.15) is 11.5 Å². The van der Waals surface area contributed by atoms with E-state index in [4.69, 9.17) is 28.4 Å². The Morgan fingerprint density at radius 1 is 0.548 bits per heavy atom. The summed E-state index contributed by atoms with van der Waals surface area (Å²) >= 11 is 0. The molecule has 0 saturated carbocycles. The number of hydrogen-bond donors (Lipinski definition) is 2. The van der Waals surface area contributed by atoms with Crippen LogP contribution in [0.5, 0.6) is 23.0 Å². The maximum atomic E-state index is 14.7. The summed E-state index contributed by atoms with van der Waals surface area (Å²) in [5, 5.41) is 0. The molecule has 4 rings (SSSR count). The Balaban J connectivity index is 1.14. The van der Waals surface area contributed by atoms with Crippen LogP contribution in [-0.2, 0) is 48.6 Å². The second kappa shape index (κ2) is 23.0. The van der Waals surface area contributed by atoms with Crippen molar-refractivity contribution in [3.05, 3.63) is 118 Å². The van der Waals surface area contributed by atoms with Crippen LogP contribution in [0.1, 0.15) is 38.8 Å². The Morgan fingerprint density at radius 3 is 1.18 bits per heavy atom. The third-order valence-corrected chi connectivity index (χ3v) is 11.1. The summed E-state index contributed by atoms with van der Waals surface area (Å²) in [6, 6.07) is 13.5. The molecule has 0 heterocycles. The van der Waals surface area contributed by atoms with Crippen LogP contribution in [-0.4, -0.2) is 81.5 Å². The quantitative estimate of drug-likeness (QED) is 0.0336. The lowest BCUT2D eigenvalue weighted by Gasteiger charge is -2.11. The Labute approximate surface area is 356 Å². The van der Waals surface area contributed by atoms with Gasteiger partial charge in [-0.15, -0.1) is 0 Å². The first-order chi connectivity index (χ1) is 29.4. The zero-order valence-electron chi connectivity index (χ0n) is 34.0. The number of nitrogens with one attached hydrogen (secondary N) is 2. The van der Waals surface area contributed by atoms with Crippen molar-refractivity contribution in [1.29, 1.82) is 0 Å². The van der Waals surface area contributed by atoms with Crippen molar-refractivity contribution in [3.8, 4) is 23.0 Å². The maximum Gasteiger partial charge on any atom is 0.333 e. The van der Waals surface area contributed by atoms with E-state index in [1.54, 1.807) is 13.8 Å². The molecular formula is C42H44F4N2O12S2. The fourth-order valence-corrected chi connectivity index (χ4v) is 7.25. The third-order valence-electron chi connectivity index (χ3n) is 8.16. The van der Waals surface area contributed by atoms with E-state index in [1.165, 1.54) is 74.5 Å². The van der Waals surface area contributed by atoms with E-state index < -0.39 is 66.8 Å². The van der Waals surface area contributed by atoms with E-state index >= 15 is 0 Å². The summed E-state index contributed by atoms with van der Waals surface area (Å²) in [7, 11) is -7.98. The molecule has 0 saturated heterocycles. The molecule has 334 valence electrons. The van der Waals surface area contributed by atoms with Crippen LogP contribution < -0.4 is 18.9 Å². The van der Waals surface area contributed by atoms with Gasteiger partial charge in [-0.25, -0.2) is 53.4 Å². The van der Waals surface area contributed by atoms with E-state index in [-0.39, 0.29) is 96.3 Å². The molecule has 62 heavy (non-hydrogen) atoms. The molecule has 0 aliphatic carbocycles. The molecule has 0 atom stereocenters. The Hall–Kier alpha value is -5.64. The highest BCUT2D eigenvalue weighted by molar-refractivity contribution is 7.89. The fraction of sp³-hybridized carbons (Fsp3) is 0.286. The van der Waals surface area contributed by atoms with Crippen LogP contribution in [0.15, 0.2) is 93.7 Å². The molecule has 0 fully saturated rings. The van der Waals surface area contributed by atoms with Crippen LogP contribution >= 0.6 is 0 Å². The second-order valence-corrected chi connectivity index (χ2v) is 16.4. The summed E-state index contributed by atoms with van der Waals surface area (Å²) in [6.45, 7) is 6.26. The van der Waals surface area contributed by atoms with Gasteiger partial charge in [-0.2, -0.15) is 0 Å². The third kappa shape index (κ3) is 14.5. The predicted octanol–water partition coefficient (Wildman–Crippen LogP) is 7.05. The number of rotatable bonds is 23. The van der Waals surface area contributed by atoms with Gasteiger partial charge in [0.25, 0.3) is 0 Å². The molecule has 0 radical (unpaired) electrons. The van der Waals surface area contributed by atoms with Gasteiger partial charge in [0.05, 0.1) is 49.4 Å². The lowest BCUT2D eigenvalue weighted by molar-refractivity contribution is -0.139. The van der Waals surface area contributed by atoms with Crippen molar-refractivity contribution in [2.75, 3.05) is 52.7 Å². The number of carbonyl (C=O) groups is 2. The van der Waals surface area contributed by atoms with Crippen molar-refractivity contribution < 1.29 is 72.4 Å². The Bertz CT molecular complexity index is 2260. The van der Waals surface area contributed by atoms with Crippen LogP contribution in [0, 0.1) is 23.3 Å². The molecule has 0 aliphatic heterocycles. The molecular weight excluding hydrogens is 865 g/mol. The van der Waals surface area contributed by atoms with Crippen LogP contribution in [0.2, 0.25) is 0 Å². The number of carbonyl (C=O) groups excluding carboxylic acids is 2. The van der Waals surface area contributed by atoms with Crippen LogP contribution in [0.4, 0.5) is 17.6 Å². The minimum Gasteiger partial charge on any atom is -0.463 e. The molecule has 0 aromatic heterocycles. The van der Waals surface area contributed by atoms with Crippen molar-refractivity contribution in [3.63, 3.8) is 0 Å². The summed E-state index contributed by atoms with van der Waals surface area (Å²) in [5.74, 6) is -6.98. The van der Waals surface area contributed by atoms with Gasteiger partial charge in [-0.1, -0.05) is 0 Å². The number of benzene rings is 4. The van der Waals surface area contributed by atoms with Crippen molar-refractivity contribution in [2.24, 2.45) is 0 Å². The van der Waals surface area contributed by atoms with Gasteiger partial charge in [-0.3, -0.25) is 0 Å². The lowest BCUT2D eigenvalue weighted by atomic mass is 10.1. The normalized spacial score (nSPS) is 12.3. The summed E-state index contributed by atoms with van der Waals surface area (Å²) in [6.07, 6.45) is 2.53. The zero-order chi connectivity index (χ0) is 45.5. The second-order valence-electron chi connectivity index (χ2n) is 12.9. The predicted molar refractivity (Wildman–Crippen MR) is 218 cm³/mol. The molecule has 14 nitrogen and oxygen atoms in total. The van der Waals surface area contributed by atoms with E-state index in [9.17, 15) is 44.0 Å². The van der Waals surface area contributed by atoms with Crippen molar-refractivity contribution in [1.82, 2.24) is 9.44 Å². The van der Waals surface area contributed by atoms with E-state index in [2.05, 4.69) is 9.44 Å². The molecule has 0 spiro atoms. The van der Waals surface area contributed by atoms with Gasteiger partial charge >= 0.3 is 11.9 Å². The first-order valence-electron chi connectivity index (χ1n) is 18.8. The Kier molecular flexibility index (Phi) is 18.2. The SMILES string of the molecule is CCOC(=O)C(C)=Cc1cc(F)c(Oc2ccc(S(=O)(=O)NCCOCCOCCNS(=O)(=O)c3ccc(Oc4c(F)cc(C=C(C)C(=O)OCC)cc4F)cc3)cc2)c(F)c1. The number of ether oxygens (including phenoxy) is 6. The molecule has 0 bridgehead atoms. The zero-order valence-corrected chi connectivity index (χ0v) is 35.6. The summed E-state index contributed by atoms with van der Waals surface area (Å²) in [4.78, 5) is 23.3. The standard InChI is InChI=1S/C42H44F4N2O12S2/c1-5-57-41(49)27(3)21-29-23-35(43)39(36(44)24-29)59-31-7-11-33(12-8-31)61(51,52)47-15-17-55-19-20-56-18-16-48-62(53,54)34-13-9-32(10-14-34)60-40-37(45)25-30(26-38(40)46)22-28(4)42(50)58-6-2/h7-14,21-26,47-48H,5-6,15-20H2,1-4H3. The number of esters is 2. The Morgan fingerprint density at radius 2 is 0.871 bits per heavy atom. The number of halogens is 4. The molecule has 4 aromatic rings. The first-order valence-corrected chi connectivity index (χ1v) is 21.8. The van der Waals surface area contributed by atoms with Crippen LogP contribution in [0.25, 0.3) is 12.2 Å². The van der Waals surface area contributed by atoms with Gasteiger partial charge in [0.2, 0.25) is 20.0 Å². The average molecular weight is 909 g/mol. The largest absolute Gasteiger partial charge is 0.463 e. The monoisotopic (exact) mass is 908 g/mol. The number of sulfonamides is 2. The minimum atomic E-state index is -3.99. The van der Waals surface area contributed by atoms with E-state index in [0.717, 1.165) is 24.3 Å². The topological polar surface area (TPSA) is 182 Å². The van der Waals surface area contributed by atoms with Crippen molar-refractivity contribution in [2.45, 2.75) is 37.5 Å². The van der Waals surface area contributed by atoms with Gasteiger partial charge < -0.3 is 28.4 Å². The minimum absolute atomic E-state index is 0.0298. The molecule has 0 amide bonds. The highest BCUT2D eigenvalue weighted by atomic mass is 32.2. The van der Waals surface area contributed by atoms with Crippen LogP contribution in [0.3, 0.4) is 0 Å².